The second-order valence-electron chi connectivity index (χ2n) is 29.4. The van der Waals surface area contributed by atoms with Crippen molar-refractivity contribution in [1.82, 2.24) is 24.5 Å². The van der Waals surface area contributed by atoms with Crippen molar-refractivity contribution in [3.8, 4) is 84.6 Å². The zero-order valence-electron chi connectivity index (χ0n) is 61.3. The number of aliphatic imine (C=N–C) groups is 1. The topological polar surface area (TPSA) is 84.1 Å². The van der Waals surface area contributed by atoms with E-state index in [0.717, 1.165) is 137 Å². The molecule has 0 spiro atoms. The van der Waals surface area contributed by atoms with Gasteiger partial charge in [0.25, 0.3) is 0 Å². The maximum atomic E-state index is 5.85. The van der Waals surface area contributed by atoms with E-state index in [1.165, 1.54) is 65.2 Å². The molecule has 0 radical (unpaired) electrons. The van der Waals surface area contributed by atoms with Crippen molar-refractivity contribution < 1.29 is 0 Å². The molecule has 528 valence electrons. The Balaban J connectivity index is 0.592. The molecule has 0 bridgehead atoms. The fourth-order valence-corrected chi connectivity index (χ4v) is 17.0. The highest BCUT2D eigenvalue weighted by Gasteiger charge is 2.34. The van der Waals surface area contributed by atoms with Gasteiger partial charge in [-0.05, 0) is 208 Å². The first-order chi connectivity index (χ1) is 55.4. The van der Waals surface area contributed by atoms with Gasteiger partial charge in [0, 0.05) is 44.8 Å². The van der Waals surface area contributed by atoms with E-state index in [1.807, 2.05) is 18.2 Å². The van der Waals surface area contributed by atoms with Crippen LogP contribution in [0.4, 0.5) is 17.1 Å². The smallest absolute Gasteiger partial charge is 0.164 e. The number of allylic oxidation sites excluding steroid dienone is 2. The molecule has 2 unspecified atom stereocenters. The first kappa shape index (κ1) is 65.8. The molecule has 17 aromatic carbocycles. The zero-order chi connectivity index (χ0) is 74.0. The molecule has 112 heavy (non-hydrogen) atoms. The molecule has 1 N–H and O–H groups in total. The van der Waals surface area contributed by atoms with Crippen LogP contribution in [0.1, 0.15) is 53.7 Å². The van der Waals surface area contributed by atoms with E-state index in [0.29, 0.717) is 17.5 Å². The molecule has 8 nitrogen and oxygen atoms in total. The lowest BCUT2D eigenvalue weighted by atomic mass is 9.89. The van der Waals surface area contributed by atoms with E-state index >= 15 is 0 Å². The van der Waals surface area contributed by atoms with Crippen molar-refractivity contribution in [3.63, 3.8) is 0 Å². The summed E-state index contributed by atoms with van der Waals surface area (Å²) in [6, 6.07) is 136. The minimum absolute atomic E-state index is 0.0617. The minimum atomic E-state index is -0.199. The van der Waals surface area contributed by atoms with Gasteiger partial charge in [0.2, 0.25) is 0 Å². The fourth-order valence-electron chi connectivity index (χ4n) is 17.0. The molecule has 2 atom stereocenters. The van der Waals surface area contributed by atoms with E-state index in [4.69, 9.17) is 24.9 Å². The molecular weight excluding hydrogens is 1360 g/mol. The number of nitrogens with one attached hydrogen (secondary N) is 1. The molecule has 2 aliphatic rings. The van der Waals surface area contributed by atoms with E-state index < -0.39 is 0 Å². The lowest BCUT2D eigenvalue weighted by molar-refractivity contribution is 0.621. The summed E-state index contributed by atoms with van der Waals surface area (Å²) in [7, 11) is 0. The predicted octanol–water partition coefficient (Wildman–Crippen LogP) is 26.7. The van der Waals surface area contributed by atoms with Gasteiger partial charge >= 0.3 is 0 Å². The van der Waals surface area contributed by atoms with E-state index in [1.54, 1.807) is 0 Å². The number of imidazole rings is 1. The van der Waals surface area contributed by atoms with Crippen molar-refractivity contribution in [2.45, 2.75) is 31.5 Å². The number of para-hydroxylation sites is 5. The summed E-state index contributed by atoms with van der Waals surface area (Å²) in [5.74, 6) is 2.79. The van der Waals surface area contributed by atoms with Gasteiger partial charge in [0.05, 0.1) is 34.2 Å². The van der Waals surface area contributed by atoms with Gasteiger partial charge in [-0.2, -0.15) is 0 Å². The minimum Gasteiger partial charge on any atom is -0.359 e. The third-order valence-electron chi connectivity index (χ3n) is 22.6. The van der Waals surface area contributed by atoms with Gasteiger partial charge in [-0.15, -0.1) is 0 Å². The number of benzene rings is 17. The number of hydrogen-bond donors (Lipinski definition) is 1. The molecule has 4 heterocycles. The van der Waals surface area contributed by atoms with Crippen LogP contribution in [0.2, 0.25) is 0 Å². The number of hydrogen-bond acceptors (Lipinski definition) is 7. The molecule has 2 aliphatic heterocycles. The van der Waals surface area contributed by atoms with E-state index in [2.05, 4.69) is 379 Å². The summed E-state index contributed by atoms with van der Waals surface area (Å²) in [6.07, 6.45) is 4.96. The fraction of sp³-hybridized carbons (Fsp3) is 0.0481. The van der Waals surface area contributed by atoms with Crippen molar-refractivity contribution in [1.29, 1.82) is 0 Å². The van der Waals surface area contributed by atoms with Crippen LogP contribution in [-0.2, 0) is 0 Å². The quantitative estimate of drug-likeness (QED) is 0.116. The third-order valence-corrected chi connectivity index (χ3v) is 22.6. The molecule has 8 heteroatoms. The Labute approximate surface area is 649 Å². The third kappa shape index (κ3) is 12.2. The van der Waals surface area contributed by atoms with Gasteiger partial charge in [-0.3, -0.25) is 9.56 Å². The molecule has 19 aromatic rings. The SMILES string of the molecule is C1=C(c2ccc3ccc(-c4cccc5c4N(c4ccccc4)C(c4ccc(-c6cccc(-c7nc(-c8ccccc8)nc(-c8ccc9c(ccc%10ccccc%109)c8)n7)c6)cc4)N5)cc3c2)CCCC(c2cccc(-c3ccc(-c4nc5ccccc5n4-c4ccccc4)cc3)c2)N=C1c1ccc2c(ccc3ccccc32)c1. The second-order valence-corrected chi connectivity index (χ2v) is 29.4. The molecular formula is C104H72N8. The Kier molecular flexibility index (Phi) is 16.4. The average Bonchev–Trinajstić information content (AvgIpc) is 1.60. The Morgan fingerprint density at radius 1 is 0.312 bits per heavy atom. The Morgan fingerprint density at radius 3 is 1.55 bits per heavy atom. The molecule has 0 amide bonds. The van der Waals surface area contributed by atoms with E-state index in [9.17, 15) is 0 Å². The Hall–Kier alpha value is -14.5. The normalized spacial score (nSPS) is 14.3. The molecule has 2 aromatic heterocycles. The number of anilines is 3. The van der Waals surface area contributed by atoms with Gasteiger partial charge in [0.15, 0.2) is 17.5 Å². The number of nitrogens with zero attached hydrogens (tertiary/aromatic N) is 7. The second kappa shape index (κ2) is 28.0. The van der Waals surface area contributed by atoms with E-state index in [-0.39, 0.29) is 12.2 Å². The lowest BCUT2D eigenvalue weighted by Gasteiger charge is -2.29. The zero-order valence-corrected chi connectivity index (χ0v) is 61.3. The molecule has 0 saturated heterocycles. The highest BCUT2D eigenvalue weighted by molar-refractivity contribution is 6.16. The Bertz CT molecular complexity index is 6950. The summed E-state index contributed by atoms with van der Waals surface area (Å²) >= 11 is 0. The number of aromatic nitrogens is 5. The van der Waals surface area contributed by atoms with Gasteiger partial charge < -0.3 is 10.2 Å². The lowest BCUT2D eigenvalue weighted by Crippen LogP contribution is -2.23. The maximum Gasteiger partial charge on any atom is 0.164 e. The standard InChI is InChI=1S/C104H72N8/c1-4-22-72(23-5-1)100-108-101(110-102(109-100)85-57-59-92-80(64-85)55-47-71-21-11-13-34-90(71)92)84-28-17-25-76(61-84)68-42-50-74(51-43-68)104-107-96-38-19-35-93(99(96)112(104)88-31-8-3-9-32-88)81-53-45-69-44-52-78(62-86(69)65-81)77-26-18-37-94(105-97(66-77)83-56-58-91-79(63-83)54-46-70-20-10-12-33-89(70)91)82-27-16-24-75(60-82)67-40-48-73(49-41-67)103-106-95-36-14-15-39-98(95)111(103)87-29-6-2-7-30-87/h1-17,19-25,27-36,38-66,94,104,107H,18,26,37H2. The first-order valence-corrected chi connectivity index (χ1v) is 38.6. The monoisotopic (exact) mass is 1430 g/mol. The van der Waals surface area contributed by atoms with Gasteiger partial charge in [0.1, 0.15) is 12.0 Å². The van der Waals surface area contributed by atoms with Crippen LogP contribution in [0.3, 0.4) is 0 Å². The van der Waals surface area contributed by atoms with Crippen molar-refractivity contribution in [2.75, 3.05) is 10.2 Å². The summed E-state index contributed by atoms with van der Waals surface area (Å²) in [5, 5.41) is 16.1. The summed E-state index contributed by atoms with van der Waals surface area (Å²) in [5.41, 5.74) is 24.0. The molecule has 21 rings (SSSR count). The molecule has 0 fully saturated rings. The van der Waals surface area contributed by atoms with Crippen LogP contribution < -0.4 is 10.2 Å². The largest absolute Gasteiger partial charge is 0.359 e. The van der Waals surface area contributed by atoms with Crippen LogP contribution in [0.25, 0.3) is 155 Å². The van der Waals surface area contributed by atoms with Crippen LogP contribution in [0, 0.1) is 0 Å². The molecule has 0 saturated carbocycles. The Morgan fingerprint density at radius 2 is 0.821 bits per heavy atom. The average molecular weight is 1430 g/mol. The van der Waals surface area contributed by atoms with Crippen LogP contribution in [-0.4, -0.2) is 30.2 Å². The summed E-state index contributed by atoms with van der Waals surface area (Å²) in [4.78, 5) is 29.0. The molecule has 0 aliphatic carbocycles. The first-order valence-electron chi connectivity index (χ1n) is 38.6. The van der Waals surface area contributed by atoms with Crippen LogP contribution in [0.5, 0.6) is 0 Å². The van der Waals surface area contributed by atoms with Gasteiger partial charge in [-0.1, -0.05) is 297 Å². The van der Waals surface area contributed by atoms with Crippen LogP contribution in [0.15, 0.2) is 387 Å². The van der Waals surface area contributed by atoms with Crippen molar-refractivity contribution in [3.05, 3.63) is 404 Å². The van der Waals surface area contributed by atoms with Crippen LogP contribution >= 0.6 is 0 Å². The highest BCUT2D eigenvalue weighted by Crippen LogP contribution is 2.52. The summed E-state index contributed by atoms with van der Waals surface area (Å²) in [6.45, 7) is 0. The predicted molar refractivity (Wildman–Crippen MR) is 465 cm³/mol. The van der Waals surface area contributed by atoms with Gasteiger partial charge in [-0.25, -0.2) is 19.9 Å². The van der Waals surface area contributed by atoms with Crippen molar-refractivity contribution >= 4 is 93.2 Å². The highest BCUT2D eigenvalue weighted by atomic mass is 15.3. The maximum absolute atomic E-state index is 5.85. The number of rotatable bonds is 13. The summed E-state index contributed by atoms with van der Waals surface area (Å²) < 4.78 is 2.26. The van der Waals surface area contributed by atoms with Crippen molar-refractivity contribution in [2.24, 2.45) is 4.99 Å². The number of fused-ring (bicyclic) bond motifs is 9.